The quantitative estimate of drug-likeness (QED) is 0.740. The Bertz CT molecular complexity index is 532. The van der Waals surface area contributed by atoms with Crippen molar-refractivity contribution >= 4 is 11.8 Å². The number of pyridine rings is 2. The van der Waals surface area contributed by atoms with Crippen LogP contribution in [-0.2, 0) is 0 Å². The fourth-order valence-electron chi connectivity index (χ4n) is 1.35. The molecule has 4 heteroatoms. The Morgan fingerprint density at radius 1 is 1.19 bits per heavy atom. The average molecular weight is 227 g/mol. The highest BCUT2D eigenvalue weighted by molar-refractivity contribution is 7.98. The van der Waals surface area contributed by atoms with Gasteiger partial charge in [-0.05, 0) is 30.5 Å². The number of aromatic nitrogens is 2. The Kier molecular flexibility index (Phi) is 3.18. The van der Waals surface area contributed by atoms with E-state index in [2.05, 4.69) is 16.0 Å². The van der Waals surface area contributed by atoms with Crippen LogP contribution in [0.4, 0.5) is 0 Å². The van der Waals surface area contributed by atoms with Crippen molar-refractivity contribution < 1.29 is 0 Å². The summed E-state index contributed by atoms with van der Waals surface area (Å²) in [6, 6.07) is 11.5. The van der Waals surface area contributed by atoms with Crippen LogP contribution in [0.25, 0.3) is 11.4 Å². The van der Waals surface area contributed by atoms with Crippen molar-refractivity contribution in [3.05, 3.63) is 42.2 Å². The number of hydrogen-bond acceptors (Lipinski definition) is 4. The van der Waals surface area contributed by atoms with E-state index in [4.69, 9.17) is 5.26 Å². The predicted octanol–water partition coefficient (Wildman–Crippen LogP) is 2.74. The number of nitrogens with zero attached hydrogens (tertiary/aromatic N) is 3. The minimum Gasteiger partial charge on any atom is -0.255 e. The summed E-state index contributed by atoms with van der Waals surface area (Å²) < 4.78 is 0. The minimum atomic E-state index is 0.454. The van der Waals surface area contributed by atoms with Gasteiger partial charge >= 0.3 is 0 Å². The normalized spacial score (nSPS) is 9.75. The van der Waals surface area contributed by atoms with Crippen LogP contribution in [0.3, 0.4) is 0 Å². The van der Waals surface area contributed by atoms with Crippen molar-refractivity contribution in [1.82, 2.24) is 9.97 Å². The molecular formula is C12H9N3S. The molecule has 0 aliphatic heterocycles. The lowest BCUT2D eigenvalue weighted by molar-refractivity contribution is 1.16. The van der Waals surface area contributed by atoms with Crippen LogP contribution in [0.15, 0.2) is 41.4 Å². The number of rotatable bonds is 2. The van der Waals surface area contributed by atoms with Crippen molar-refractivity contribution in [2.24, 2.45) is 0 Å². The van der Waals surface area contributed by atoms with E-state index in [1.165, 1.54) is 11.8 Å². The summed E-state index contributed by atoms with van der Waals surface area (Å²) in [6.07, 6.45) is 3.64. The third-order valence-corrected chi connectivity index (χ3v) is 2.88. The van der Waals surface area contributed by atoms with Gasteiger partial charge in [0.2, 0.25) is 0 Å². The third kappa shape index (κ3) is 2.05. The highest BCUT2D eigenvalue weighted by Crippen LogP contribution is 2.22. The summed E-state index contributed by atoms with van der Waals surface area (Å²) in [5.41, 5.74) is 1.97. The smallest absolute Gasteiger partial charge is 0.154 e. The zero-order chi connectivity index (χ0) is 11.4. The first-order valence-electron chi connectivity index (χ1n) is 4.71. The van der Waals surface area contributed by atoms with E-state index in [9.17, 15) is 0 Å². The Morgan fingerprint density at radius 3 is 2.69 bits per heavy atom. The second kappa shape index (κ2) is 4.77. The fraction of sp³-hybridized carbons (Fsp3) is 0.0833. The van der Waals surface area contributed by atoms with Gasteiger partial charge in [0.15, 0.2) is 5.69 Å². The van der Waals surface area contributed by atoms with Crippen molar-refractivity contribution in [3.63, 3.8) is 0 Å². The Morgan fingerprint density at radius 2 is 2.06 bits per heavy atom. The van der Waals surface area contributed by atoms with Crippen LogP contribution in [-0.4, -0.2) is 16.2 Å². The number of hydrogen-bond donors (Lipinski definition) is 0. The van der Waals surface area contributed by atoms with Crippen LogP contribution in [0.2, 0.25) is 0 Å². The molecule has 0 fully saturated rings. The van der Waals surface area contributed by atoms with E-state index < -0.39 is 0 Å². The molecule has 2 aromatic rings. The molecule has 3 nitrogen and oxygen atoms in total. The molecule has 0 radical (unpaired) electrons. The lowest BCUT2D eigenvalue weighted by Crippen LogP contribution is -1.91. The molecule has 0 bridgehead atoms. The van der Waals surface area contributed by atoms with Crippen LogP contribution >= 0.6 is 11.8 Å². The fourth-order valence-corrected chi connectivity index (χ4v) is 1.84. The van der Waals surface area contributed by atoms with Crippen molar-refractivity contribution in [2.45, 2.75) is 4.90 Å². The predicted molar refractivity (Wildman–Crippen MR) is 64.0 cm³/mol. The standard InChI is InChI=1S/C12H9N3S/c1-16-12-6-5-10(15-11(12)8-13)9-4-2-3-7-14-9/h2-7H,1H3. The monoisotopic (exact) mass is 227 g/mol. The lowest BCUT2D eigenvalue weighted by Gasteiger charge is -2.02. The van der Waals surface area contributed by atoms with E-state index in [1.54, 1.807) is 6.20 Å². The van der Waals surface area contributed by atoms with Crippen LogP contribution in [0.5, 0.6) is 0 Å². The van der Waals surface area contributed by atoms with E-state index in [-0.39, 0.29) is 0 Å². The van der Waals surface area contributed by atoms with Gasteiger partial charge < -0.3 is 0 Å². The zero-order valence-corrected chi connectivity index (χ0v) is 9.53. The molecule has 0 amide bonds. The SMILES string of the molecule is CSc1ccc(-c2ccccn2)nc1C#N. The van der Waals surface area contributed by atoms with Gasteiger partial charge in [-0.25, -0.2) is 4.98 Å². The molecular weight excluding hydrogens is 218 g/mol. The maximum Gasteiger partial charge on any atom is 0.154 e. The van der Waals surface area contributed by atoms with Gasteiger partial charge in [-0.2, -0.15) is 5.26 Å². The maximum atomic E-state index is 8.97. The molecule has 16 heavy (non-hydrogen) atoms. The summed E-state index contributed by atoms with van der Waals surface area (Å²) in [5, 5.41) is 8.97. The highest BCUT2D eigenvalue weighted by Gasteiger charge is 2.06. The first kappa shape index (κ1) is 10.7. The van der Waals surface area contributed by atoms with Gasteiger partial charge in [0, 0.05) is 11.1 Å². The second-order valence-corrected chi connectivity index (χ2v) is 3.92. The van der Waals surface area contributed by atoms with Gasteiger partial charge in [0.1, 0.15) is 6.07 Å². The van der Waals surface area contributed by atoms with Crippen molar-refractivity contribution in [1.29, 1.82) is 5.26 Å². The zero-order valence-electron chi connectivity index (χ0n) is 8.71. The Balaban J connectivity index is 2.49. The average Bonchev–Trinajstić information content (AvgIpc) is 2.39. The molecule has 0 atom stereocenters. The van der Waals surface area contributed by atoms with Gasteiger partial charge in [0.25, 0.3) is 0 Å². The molecule has 2 heterocycles. The third-order valence-electron chi connectivity index (χ3n) is 2.11. The topological polar surface area (TPSA) is 49.6 Å². The summed E-state index contributed by atoms with van der Waals surface area (Å²) >= 11 is 1.52. The molecule has 0 aliphatic rings. The summed E-state index contributed by atoms with van der Waals surface area (Å²) in [5.74, 6) is 0. The minimum absolute atomic E-state index is 0.454. The van der Waals surface area contributed by atoms with Gasteiger partial charge in [-0.15, -0.1) is 11.8 Å². The van der Waals surface area contributed by atoms with Gasteiger partial charge in [0.05, 0.1) is 11.4 Å². The lowest BCUT2D eigenvalue weighted by atomic mass is 10.2. The Labute approximate surface area is 98.2 Å². The van der Waals surface area contributed by atoms with Crippen molar-refractivity contribution in [2.75, 3.05) is 6.26 Å². The van der Waals surface area contributed by atoms with Gasteiger partial charge in [-0.1, -0.05) is 6.07 Å². The summed E-state index contributed by atoms with van der Waals surface area (Å²) in [6.45, 7) is 0. The number of nitriles is 1. The van der Waals surface area contributed by atoms with Crippen LogP contribution in [0.1, 0.15) is 5.69 Å². The molecule has 78 valence electrons. The van der Waals surface area contributed by atoms with Crippen molar-refractivity contribution in [3.8, 4) is 17.5 Å². The maximum absolute atomic E-state index is 8.97. The van der Waals surface area contributed by atoms with E-state index in [0.29, 0.717) is 5.69 Å². The van der Waals surface area contributed by atoms with E-state index in [1.807, 2.05) is 36.6 Å². The Hall–Kier alpha value is -1.86. The largest absolute Gasteiger partial charge is 0.255 e. The highest BCUT2D eigenvalue weighted by atomic mass is 32.2. The molecule has 2 aromatic heterocycles. The first-order chi connectivity index (χ1) is 7.85. The van der Waals surface area contributed by atoms with E-state index >= 15 is 0 Å². The molecule has 0 spiro atoms. The molecule has 0 aliphatic carbocycles. The number of thioether (sulfide) groups is 1. The molecule has 0 saturated carbocycles. The van der Waals surface area contributed by atoms with Crippen LogP contribution < -0.4 is 0 Å². The van der Waals surface area contributed by atoms with E-state index in [0.717, 1.165) is 16.3 Å². The molecule has 2 rings (SSSR count). The molecule has 0 aromatic carbocycles. The second-order valence-electron chi connectivity index (χ2n) is 3.07. The molecule has 0 unspecified atom stereocenters. The summed E-state index contributed by atoms with van der Waals surface area (Å²) in [7, 11) is 0. The molecule has 0 N–H and O–H groups in total. The first-order valence-corrected chi connectivity index (χ1v) is 5.94. The van der Waals surface area contributed by atoms with Gasteiger partial charge in [-0.3, -0.25) is 4.98 Å². The van der Waals surface area contributed by atoms with Crippen LogP contribution in [0, 0.1) is 11.3 Å². The summed E-state index contributed by atoms with van der Waals surface area (Å²) in [4.78, 5) is 9.38. The molecule has 0 saturated heterocycles.